The molecule has 1 N–H and O–H groups in total. The lowest BCUT2D eigenvalue weighted by molar-refractivity contribution is 0.242. The van der Waals surface area contributed by atoms with Gasteiger partial charge < -0.3 is 5.32 Å². The summed E-state index contributed by atoms with van der Waals surface area (Å²) in [4.78, 5) is 4.10. The quantitative estimate of drug-likeness (QED) is 0.919. The Morgan fingerprint density at radius 3 is 3.00 bits per heavy atom. The third-order valence-electron chi connectivity index (χ3n) is 3.38. The Kier molecular flexibility index (Phi) is 4.41. The van der Waals surface area contributed by atoms with E-state index in [9.17, 15) is 0 Å². The van der Waals surface area contributed by atoms with Gasteiger partial charge in [0.25, 0.3) is 0 Å². The minimum Gasteiger partial charge on any atom is -0.319 e. The van der Waals surface area contributed by atoms with Gasteiger partial charge in [-0.25, -0.2) is 0 Å². The van der Waals surface area contributed by atoms with Gasteiger partial charge in [-0.1, -0.05) is 6.92 Å². The standard InChI is InChI=1S/C12H19BrN2S/c1-3-15-5-4-9(7-14-2)12(15)11-6-10(13)8-16-11/h6,8-9,12,14H,3-5,7H2,1-2H3. The van der Waals surface area contributed by atoms with E-state index in [2.05, 4.69) is 51.6 Å². The van der Waals surface area contributed by atoms with Crippen LogP contribution < -0.4 is 5.32 Å². The summed E-state index contributed by atoms with van der Waals surface area (Å²) in [6.07, 6.45) is 1.31. The molecule has 0 aliphatic carbocycles. The Bertz CT molecular complexity index is 340. The molecule has 2 nitrogen and oxygen atoms in total. The molecule has 0 spiro atoms. The van der Waals surface area contributed by atoms with Gasteiger partial charge in [0.05, 0.1) is 0 Å². The van der Waals surface area contributed by atoms with Gasteiger partial charge in [-0.05, 0) is 61.0 Å². The van der Waals surface area contributed by atoms with Crippen LogP contribution in [-0.2, 0) is 0 Å². The molecule has 1 aromatic heterocycles. The van der Waals surface area contributed by atoms with E-state index in [0.717, 1.165) is 19.0 Å². The van der Waals surface area contributed by atoms with Gasteiger partial charge in [0.2, 0.25) is 0 Å². The second-order valence-corrected chi connectivity index (χ2v) is 6.21. The van der Waals surface area contributed by atoms with Crippen molar-refractivity contribution in [1.82, 2.24) is 10.2 Å². The second kappa shape index (κ2) is 5.63. The Morgan fingerprint density at radius 1 is 1.62 bits per heavy atom. The van der Waals surface area contributed by atoms with Gasteiger partial charge in [-0.2, -0.15) is 0 Å². The van der Waals surface area contributed by atoms with E-state index in [4.69, 9.17) is 0 Å². The molecule has 4 heteroatoms. The Balaban J connectivity index is 2.18. The van der Waals surface area contributed by atoms with Crippen LogP contribution in [0.5, 0.6) is 0 Å². The van der Waals surface area contributed by atoms with Crippen LogP contribution in [0.1, 0.15) is 24.3 Å². The lowest BCUT2D eigenvalue weighted by Gasteiger charge is -2.26. The van der Waals surface area contributed by atoms with Crippen LogP contribution in [0.2, 0.25) is 0 Å². The van der Waals surface area contributed by atoms with E-state index in [1.54, 1.807) is 0 Å². The Hall–Kier alpha value is 0.1000. The molecule has 2 rings (SSSR count). The average molecular weight is 303 g/mol. The van der Waals surface area contributed by atoms with Crippen LogP contribution in [0, 0.1) is 5.92 Å². The first-order valence-electron chi connectivity index (χ1n) is 5.88. The van der Waals surface area contributed by atoms with Crippen molar-refractivity contribution in [2.75, 3.05) is 26.7 Å². The minimum atomic E-state index is 0.619. The maximum absolute atomic E-state index is 3.56. The molecule has 16 heavy (non-hydrogen) atoms. The molecule has 2 atom stereocenters. The molecule has 2 heterocycles. The van der Waals surface area contributed by atoms with Crippen LogP contribution in [0.25, 0.3) is 0 Å². The van der Waals surface area contributed by atoms with Gasteiger partial charge in [0.15, 0.2) is 0 Å². The van der Waals surface area contributed by atoms with Gasteiger partial charge in [-0.15, -0.1) is 11.3 Å². The number of nitrogens with one attached hydrogen (secondary N) is 1. The summed E-state index contributed by atoms with van der Waals surface area (Å²) in [6.45, 7) is 5.78. The van der Waals surface area contributed by atoms with Crippen LogP contribution in [-0.4, -0.2) is 31.6 Å². The van der Waals surface area contributed by atoms with E-state index >= 15 is 0 Å². The van der Waals surface area contributed by atoms with Crippen molar-refractivity contribution in [1.29, 1.82) is 0 Å². The first-order valence-corrected chi connectivity index (χ1v) is 7.56. The molecule has 2 unspecified atom stereocenters. The van der Waals surface area contributed by atoms with Crippen molar-refractivity contribution in [3.63, 3.8) is 0 Å². The highest BCUT2D eigenvalue weighted by molar-refractivity contribution is 9.10. The van der Waals surface area contributed by atoms with Crippen LogP contribution in [0.3, 0.4) is 0 Å². The van der Waals surface area contributed by atoms with Crippen molar-refractivity contribution >= 4 is 27.3 Å². The molecular weight excluding hydrogens is 284 g/mol. The van der Waals surface area contributed by atoms with Crippen molar-refractivity contribution in [3.05, 3.63) is 20.8 Å². The topological polar surface area (TPSA) is 15.3 Å². The smallest absolute Gasteiger partial charge is 0.0482 e. The SMILES string of the molecule is CCN1CCC(CNC)C1c1cc(Br)cs1. The summed E-state index contributed by atoms with van der Waals surface area (Å²) < 4.78 is 1.22. The highest BCUT2D eigenvalue weighted by atomic mass is 79.9. The fraction of sp³-hybridized carbons (Fsp3) is 0.667. The van der Waals surface area contributed by atoms with Gasteiger partial charge in [0, 0.05) is 20.8 Å². The van der Waals surface area contributed by atoms with Gasteiger partial charge >= 0.3 is 0 Å². The molecule has 1 aromatic rings. The zero-order valence-corrected chi connectivity index (χ0v) is 12.3. The number of likely N-dealkylation sites (tertiary alicyclic amines) is 1. The summed E-state index contributed by atoms with van der Waals surface area (Å²) in [5, 5.41) is 5.52. The number of hydrogen-bond donors (Lipinski definition) is 1. The lowest BCUT2D eigenvalue weighted by Crippen LogP contribution is -2.28. The molecule has 0 aromatic carbocycles. The number of hydrogen-bond acceptors (Lipinski definition) is 3. The Morgan fingerprint density at radius 2 is 2.44 bits per heavy atom. The molecule has 1 saturated heterocycles. The van der Waals surface area contributed by atoms with E-state index in [0.29, 0.717) is 6.04 Å². The monoisotopic (exact) mass is 302 g/mol. The summed E-state index contributed by atoms with van der Waals surface area (Å²) in [5.74, 6) is 0.760. The van der Waals surface area contributed by atoms with Gasteiger partial charge in [-0.3, -0.25) is 4.90 Å². The van der Waals surface area contributed by atoms with E-state index < -0.39 is 0 Å². The minimum absolute atomic E-state index is 0.619. The first-order chi connectivity index (χ1) is 7.76. The molecule has 1 aliphatic heterocycles. The molecule has 0 saturated carbocycles. The van der Waals surface area contributed by atoms with Crippen molar-refractivity contribution in [3.8, 4) is 0 Å². The summed E-state index contributed by atoms with van der Waals surface area (Å²) >= 11 is 5.44. The van der Waals surface area contributed by atoms with Crippen molar-refractivity contribution < 1.29 is 0 Å². The summed E-state index contributed by atoms with van der Waals surface area (Å²) in [6, 6.07) is 2.90. The van der Waals surface area contributed by atoms with Crippen LogP contribution in [0.15, 0.2) is 15.9 Å². The largest absolute Gasteiger partial charge is 0.319 e. The molecular formula is C12H19BrN2S. The maximum atomic E-state index is 3.56. The fourth-order valence-corrected chi connectivity index (χ4v) is 4.32. The third kappa shape index (κ3) is 2.50. The predicted molar refractivity (Wildman–Crippen MR) is 74.0 cm³/mol. The number of thiophene rings is 1. The summed E-state index contributed by atoms with van der Waals surface area (Å²) in [7, 11) is 2.05. The summed E-state index contributed by atoms with van der Waals surface area (Å²) in [5.41, 5.74) is 0. The zero-order chi connectivity index (χ0) is 11.5. The maximum Gasteiger partial charge on any atom is 0.0482 e. The highest BCUT2D eigenvalue weighted by Gasteiger charge is 2.34. The molecule has 1 fully saturated rings. The molecule has 0 amide bonds. The number of rotatable bonds is 4. The van der Waals surface area contributed by atoms with Gasteiger partial charge in [0.1, 0.15) is 0 Å². The molecule has 1 aliphatic rings. The van der Waals surface area contributed by atoms with Crippen LogP contribution >= 0.6 is 27.3 Å². The van der Waals surface area contributed by atoms with E-state index in [1.165, 1.54) is 22.3 Å². The second-order valence-electron chi connectivity index (χ2n) is 4.35. The predicted octanol–water partition coefficient (Wildman–Crippen LogP) is 3.11. The van der Waals surface area contributed by atoms with Crippen molar-refractivity contribution in [2.24, 2.45) is 5.92 Å². The van der Waals surface area contributed by atoms with E-state index in [-0.39, 0.29) is 0 Å². The van der Waals surface area contributed by atoms with E-state index in [1.807, 2.05) is 11.3 Å². The lowest BCUT2D eigenvalue weighted by atomic mass is 9.99. The fourth-order valence-electron chi connectivity index (χ4n) is 2.65. The first kappa shape index (κ1) is 12.6. The zero-order valence-electron chi connectivity index (χ0n) is 9.87. The molecule has 0 bridgehead atoms. The molecule has 0 radical (unpaired) electrons. The highest BCUT2D eigenvalue weighted by Crippen LogP contribution is 2.40. The third-order valence-corrected chi connectivity index (χ3v) is 5.14. The number of halogens is 1. The number of nitrogens with zero attached hydrogens (tertiary/aromatic N) is 1. The average Bonchev–Trinajstić information content (AvgIpc) is 2.85. The normalized spacial score (nSPS) is 26.4. The molecule has 90 valence electrons. The van der Waals surface area contributed by atoms with Crippen LogP contribution in [0.4, 0.5) is 0 Å². The van der Waals surface area contributed by atoms with Crippen molar-refractivity contribution in [2.45, 2.75) is 19.4 Å². The Labute approximate surface area is 110 Å².